The van der Waals surface area contributed by atoms with E-state index >= 15 is 0 Å². The Balaban J connectivity index is 2.79. The van der Waals surface area contributed by atoms with Crippen molar-refractivity contribution < 1.29 is 4.74 Å². The molecule has 0 radical (unpaired) electrons. The molecule has 4 heteroatoms. The molecule has 0 amide bonds. The first-order chi connectivity index (χ1) is 9.08. The molecule has 1 rings (SSSR count). The van der Waals surface area contributed by atoms with Crippen molar-refractivity contribution in [3.63, 3.8) is 0 Å². The summed E-state index contributed by atoms with van der Waals surface area (Å²) in [5.74, 6) is 1.06. The van der Waals surface area contributed by atoms with Crippen molar-refractivity contribution in [2.24, 2.45) is 0 Å². The number of hydrogen-bond acceptors (Lipinski definition) is 4. The molecule has 0 aliphatic rings. The van der Waals surface area contributed by atoms with Gasteiger partial charge >= 0.3 is 0 Å². The Bertz CT molecular complexity index is 368. The average Bonchev–Trinajstić information content (AvgIpc) is 2.37. The second kappa shape index (κ2) is 8.10. The molecule has 0 bridgehead atoms. The van der Waals surface area contributed by atoms with Crippen LogP contribution in [0.25, 0.3) is 0 Å². The summed E-state index contributed by atoms with van der Waals surface area (Å²) in [6, 6.07) is 2.38. The lowest BCUT2D eigenvalue weighted by Gasteiger charge is -2.23. The van der Waals surface area contributed by atoms with Gasteiger partial charge in [0.2, 0.25) is 5.88 Å². The molecule has 108 valence electrons. The lowest BCUT2D eigenvalue weighted by atomic mass is 9.94. The standard InChI is InChI=1S/C15H27N3O/c1-6-8-16-12(5)13(7-2)14-9-15(18-10-17-14)19-11(3)4/h9-13,16H,6-8H2,1-5H3. The smallest absolute Gasteiger partial charge is 0.216 e. The van der Waals surface area contributed by atoms with E-state index < -0.39 is 0 Å². The Morgan fingerprint density at radius 3 is 2.53 bits per heavy atom. The normalized spacial score (nSPS) is 14.4. The van der Waals surface area contributed by atoms with Crippen LogP contribution in [0.5, 0.6) is 5.88 Å². The molecule has 1 aromatic rings. The Hall–Kier alpha value is -1.16. The van der Waals surface area contributed by atoms with Crippen LogP contribution in [0, 0.1) is 0 Å². The third kappa shape index (κ3) is 5.15. The van der Waals surface area contributed by atoms with Gasteiger partial charge in [-0.2, -0.15) is 0 Å². The largest absolute Gasteiger partial charge is 0.475 e. The SMILES string of the molecule is CCCNC(C)C(CC)c1cc(OC(C)C)ncn1. The second-order valence-electron chi connectivity index (χ2n) is 5.21. The maximum Gasteiger partial charge on any atom is 0.216 e. The van der Waals surface area contributed by atoms with E-state index in [1.165, 1.54) is 0 Å². The van der Waals surface area contributed by atoms with Gasteiger partial charge in [-0.05, 0) is 40.2 Å². The highest BCUT2D eigenvalue weighted by atomic mass is 16.5. The molecule has 0 aliphatic carbocycles. The van der Waals surface area contributed by atoms with Gasteiger partial charge in [0.1, 0.15) is 6.33 Å². The van der Waals surface area contributed by atoms with E-state index in [0.717, 1.165) is 25.1 Å². The molecule has 0 spiro atoms. The fourth-order valence-corrected chi connectivity index (χ4v) is 2.20. The quantitative estimate of drug-likeness (QED) is 0.784. The van der Waals surface area contributed by atoms with Crippen LogP contribution in [-0.4, -0.2) is 28.7 Å². The topological polar surface area (TPSA) is 47.0 Å². The van der Waals surface area contributed by atoms with Gasteiger partial charge in [0.05, 0.1) is 11.8 Å². The summed E-state index contributed by atoms with van der Waals surface area (Å²) in [5.41, 5.74) is 1.06. The van der Waals surface area contributed by atoms with Gasteiger partial charge < -0.3 is 10.1 Å². The van der Waals surface area contributed by atoms with Crippen LogP contribution in [0.3, 0.4) is 0 Å². The monoisotopic (exact) mass is 265 g/mol. The van der Waals surface area contributed by atoms with Gasteiger partial charge in [0.15, 0.2) is 0 Å². The molecule has 2 atom stereocenters. The van der Waals surface area contributed by atoms with Crippen LogP contribution < -0.4 is 10.1 Å². The highest BCUT2D eigenvalue weighted by Crippen LogP contribution is 2.23. The van der Waals surface area contributed by atoms with Crippen molar-refractivity contribution in [2.75, 3.05) is 6.54 Å². The van der Waals surface area contributed by atoms with Crippen LogP contribution >= 0.6 is 0 Å². The van der Waals surface area contributed by atoms with Crippen LogP contribution in [-0.2, 0) is 0 Å². The zero-order valence-electron chi connectivity index (χ0n) is 12.8. The molecule has 0 fully saturated rings. The first-order valence-corrected chi connectivity index (χ1v) is 7.30. The minimum atomic E-state index is 0.137. The molecule has 1 heterocycles. The van der Waals surface area contributed by atoms with Crippen molar-refractivity contribution in [2.45, 2.75) is 65.5 Å². The van der Waals surface area contributed by atoms with Crippen LogP contribution in [0.15, 0.2) is 12.4 Å². The molecule has 1 N–H and O–H groups in total. The predicted molar refractivity (Wildman–Crippen MR) is 78.6 cm³/mol. The van der Waals surface area contributed by atoms with Gasteiger partial charge in [-0.3, -0.25) is 0 Å². The van der Waals surface area contributed by atoms with Crippen molar-refractivity contribution >= 4 is 0 Å². The van der Waals surface area contributed by atoms with E-state index in [1.807, 2.05) is 19.9 Å². The van der Waals surface area contributed by atoms with Crippen molar-refractivity contribution in [1.29, 1.82) is 0 Å². The van der Waals surface area contributed by atoms with Gasteiger partial charge in [-0.25, -0.2) is 9.97 Å². The van der Waals surface area contributed by atoms with Crippen LogP contribution in [0.4, 0.5) is 0 Å². The first-order valence-electron chi connectivity index (χ1n) is 7.30. The molecule has 1 aromatic heterocycles. The second-order valence-corrected chi connectivity index (χ2v) is 5.21. The minimum Gasteiger partial charge on any atom is -0.475 e. The Kier molecular flexibility index (Phi) is 6.78. The maximum absolute atomic E-state index is 5.64. The maximum atomic E-state index is 5.64. The van der Waals surface area contributed by atoms with E-state index in [-0.39, 0.29) is 6.10 Å². The molecular formula is C15H27N3O. The molecular weight excluding hydrogens is 238 g/mol. The van der Waals surface area contributed by atoms with E-state index in [9.17, 15) is 0 Å². The molecule has 4 nitrogen and oxygen atoms in total. The Labute approximate surface area is 117 Å². The summed E-state index contributed by atoms with van der Waals surface area (Å²) < 4.78 is 5.64. The molecule has 19 heavy (non-hydrogen) atoms. The van der Waals surface area contributed by atoms with E-state index in [4.69, 9.17) is 4.74 Å². The summed E-state index contributed by atoms with van der Waals surface area (Å²) in [6.45, 7) is 11.6. The third-order valence-corrected chi connectivity index (χ3v) is 3.16. The molecule has 0 aromatic carbocycles. The molecule has 2 unspecified atom stereocenters. The predicted octanol–water partition coefficient (Wildman–Crippen LogP) is 3.15. The number of aromatic nitrogens is 2. The lowest BCUT2D eigenvalue weighted by Crippen LogP contribution is -2.33. The summed E-state index contributed by atoms with van der Waals surface area (Å²) >= 11 is 0. The van der Waals surface area contributed by atoms with E-state index in [1.54, 1.807) is 6.33 Å². The van der Waals surface area contributed by atoms with Gasteiger partial charge in [0, 0.05) is 18.0 Å². The number of nitrogens with one attached hydrogen (secondary N) is 1. The number of nitrogens with zero attached hydrogens (tertiary/aromatic N) is 2. The van der Waals surface area contributed by atoms with Gasteiger partial charge in [0.25, 0.3) is 0 Å². The fourth-order valence-electron chi connectivity index (χ4n) is 2.20. The lowest BCUT2D eigenvalue weighted by molar-refractivity contribution is 0.231. The van der Waals surface area contributed by atoms with Crippen molar-refractivity contribution in [1.82, 2.24) is 15.3 Å². The molecule has 0 aliphatic heterocycles. The van der Waals surface area contributed by atoms with Crippen LogP contribution in [0.1, 0.15) is 59.1 Å². The third-order valence-electron chi connectivity index (χ3n) is 3.16. The first kappa shape index (κ1) is 15.9. The Morgan fingerprint density at radius 2 is 1.95 bits per heavy atom. The number of ether oxygens (including phenoxy) is 1. The summed E-state index contributed by atoms with van der Waals surface area (Å²) in [5, 5.41) is 3.54. The summed E-state index contributed by atoms with van der Waals surface area (Å²) in [6.07, 6.45) is 3.93. The van der Waals surface area contributed by atoms with Gasteiger partial charge in [-0.15, -0.1) is 0 Å². The van der Waals surface area contributed by atoms with E-state index in [2.05, 4.69) is 36.1 Å². The highest BCUT2D eigenvalue weighted by Gasteiger charge is 2.19. The van der Waals surface area contributed by atoms with Gasteiger partial charge in [-0.1, -0.05) is 13.8 Å². The fraction of sp³-hybridized carbons (Fsp3) is 0.733. The highest BCUT2D eigenvalue weighted by molar-refractivity contribution is 5.18. The number of hydrogen-bond donors (Lipinski definition) is 1. The zero-order valence-corrected chi connectivity index (χ0v) is 12.8. The van der Waals surface area contributed by atoms with Crippen molar-refractivity contribution in [3.8, 4) is 5.88 Å². The zero-order chi connectivity index (χ0) is 14.3. The van der Waals surface area contributed by atoms with Crippen molar-refractivity contribution in [3.05, 3.63) is 18.1 Å². The molecule has 0 saturated carbocycles. The Morgan fingerprint density at radius 1 is 1.21 bits per heavy atom. The van der Waals surface area contributed by atoms with E-state index in [0.29, 0.717) is 17.8 Å². The average molecular weight is 265 g/mol. The minimum absolute atomic E-state index is 0.137. The number of rotatable bonds is 8. The molecule has 0 saturated heterocycles. The summed E-state index contributed by atoms with van der Waals surface area (Å²) in [4.78, 5) is 8.58. The van der Waals surface area contributed by atoms with Crippen LogP contribution in [0.2, 0.25) is 0 Å². The summed E-state index contributed by atoms with van der Waals surface area (Å²) in [7, 11) is 0.